The van der Waals surface area contributed by atoms with Crippen LogP contribution in [0, 0.1) is 0 Å². The van der Waals surface area contributed by atoms with Gasteiger partial charge in [0.1, 0.15) is 12.6 Å². The lowest BCUT2D eigenvalue weighted by molar-refractivity contribution is -0.137. The van der Waals surface area contributed by atoms with Gasteiger partial charge in [0, 0.05) is 25.0 Å². The van der Waals surface area contributed by atoms with E-state index >= 15 is 0 Å². The Kier molecular flexibility index (Phi) is 7.47. The van der Waals surface area contributed by atoms with Crippen LogP contribution in [-0.2, 0) is 19.1 Å². The normalized spacial score (nSPS) is 20.0. The first kappa shape index (κ1) is 23.8. The average Bonchev–Trinajstić information content (AvgIpc) is 3.14. The highest BCUT2D eigenvalue weighted by Crippen LogP contribution is 2.44. The summed E-state index contributed by atoms with van der Waals surface area (Å²) in [6.07, 6.45) is 0.366. The number of carbonyl (C=O) groups excluding carboxylic acids is 2. The van der Waals surface area contributed by atoms with Crippen LogP contribution in [0.5, 0.6) is 0 Å². The van der Waals surface area contributed by atoms with E-state index in [9.17, 15) is 14.4 Å². The average molecular weight is 467 g/mol. The maximum absolute atomic E-state index is 12.8. The number of hydrogen-bond acceptors (Lipinski definition) is 5. The molecule has 2 aromatic rings. The molecule has 1 aliphatic heterocycles. The third-order valence-electron chi connectivity index (χ3n) is 6.43. The minimum absolute atomic E-state index is 0.0237. The Hall–Kier alpha value is -3.39. The summed E-state index contributed by atoms with van der Waals surface area (Å²) in [7, 11) is 0. The van der Waals surface area contributed by atoms with E-state index in [-0.39, 0.29) is 37.5 Å². The van der Waals surface area contributed by atoms with E-state index in [1.807, 2.05) is 43.3 Å². The van der Waals surface area contributed by atoms with Gasteiger partial charge in [0.15, 0.2) is 0 Å². The van der Waals surface area contributed by atoms with Crippen molar-refractivity contribution in [3.8, 4) is 11.1 Å². The van der Waals surface area contributed by atoms with Crippen molar-refractivity contribution in [2.45, 2.75) is 56.7 Å². The lowest BCUT2D eigenvalue weighted by atomic mass is 9.98. The molecule has 2 amide bonds. The van der Waals surface area contributed by atoms with Crippen molar-refractivity contribution in [2.75, 3.05) is 13.2 Å². The molecule has 180 valence electrons. The van der Waals surface area contributed by atoms with Crippen LogP contribution >= 0.6 is 0 Å². The standard InChI is InChI=1S/C26H30N2O6/c1-16-14-17(12-13-33-16)27-25(31)23(10-11-24(29)30)28-26(32)34-15-22-20-8-4-2-6-18(20)19-7-3-5-9-21(19)22/h2-9,16-17,22-23H,10-15H2,1H3,(H,27,31)(H,28,32)(H,29,30). The van der Waals surface area contributed by atoms with Crippen molar-refractivity contribution < 1.29 is 29.0 Å². The molecular formula is C26H30N2O6. The molecule has 34 heavy (non-hydrogen) atoms. The minimum atomic E-state index is -1.04. The number of amides is 2. The van der Waals surface area contributed by atoms with Crippen LogP contribution in [0.4, 0.5) is 4.79 Å². The number of carbonyl (C=O) groups is 3. The fourth-order valence-corrected chi connectivity index (χ4v) is 4.75. The summed E-state index contributed by atoms with van der Waals surface area (Å²) in [6.45, 7) is 2.60. The molecule has 1 aliphatic carbocycles. The highest BCUT2D eigenvalue weighted by Gasteiger charge is 2.30. The summed E-state index contributed by atoms with van der Waals surface area (Å²) < 4.78 is 11.0. The van der Waals surface area contributed by atoms with Crippen LogP contribution in [0.1, 0.15) is 49.7 Å². The number of benzene rings is 2. The predicted octanol–water partition coefficient (Wildman–Crippen LogP) is 3.44. The molecule has 1 heterocycles. The van der Waals surface area contributed by atoms with E-state index in [0.717, 1.165) is 22.3 Å². The van der Waals surface area contributed by atoms with Crippen molar-refractivity contribution >= 4 is 18.0 Å². The first-order chi connectivity index (χ1) is 16.4. The van der Waals surface area contributed by atoms with Crippen molar-refractivity contribution in [2.24, 2.45) is 0 Å². The quantitative estimate of drug-likeness (QED) is 0.549. The Morgan fingerprint density at radius 1 is 1.09 bits per heavy atom. The van der Waals surface area contributed by atoms with Crippen LogP contribution in [0.2, 0.25) is 0 Å². The first-order valence-corrected chi connectivity index (χ1v) is 11.7. The van der Waals surface area contributed by atoms with Gasteiger partial charge in [-0.2, -0.15) is 0 Å². The number of hydrogen-bond donors (Lipinski definition) is 3. The van der Waals surface area contributed by atoms with Gasteiger partial charge in [-0.1, -0.05) is 48.5 Å². The summed E-state index contributed by atoms with van der Waals surface area (Å²) in [5, 5.41) is 14.6. The van der Waals surface area contributed by atoms with E-state index in [1.165, 1.54) is 0 Å². The molecule has 0 aromatic heterocycles. The zero-order chi connectivity index (χ0) is 24.1. The Morgan fingerprint density at radius 3 is 2.35 bits per heavy atom. The molecule has 3 N–H and O–H groups in total. The SMILES string of the molecule is CC1CC(NC(=O)C(CCC(=O)O)NC(=O)OCC2c3ccccc3-c3ccccc32)CCO1. The van der Waals surface area contributed by atoms with Crippen molar-refractivity contribution in [3.63, 3.8) is 0 Å². The second-order valence-electron chi connectivity index (χ2n) is 8.87. The van der Waals surface area contributed by atoms with Gasteiger partial charge >= 0.3 is 12.1 Å². The number of ether oxygens (including phenoxy) is 2. The lowest BCUT2D eigenvalue weighted by Crippen LogP contribution is -2.51. The van der Waals surface area contributed by atoms with Crippen molar-refractivity contribution in [1.29, 1.82) is 0 Å². The van der Waals surface area contributed by atoms with E-state index < -0.39 is 24.0 Å². The van der Waals surface area contributed by atoms with Crippen LogP contribution in [0.25, 0.3) is 11.1 Å². The zero-order valence-corrected chi connectivity index (χ0v) is 19.2. The zero-order valence-electron chi connectivity index (χ0n) is 19.2. The molecule has 3 unspecified atom stereocenters. The third kappa shape index (κ3) is 5.56. The number of fused-ring (bicyclic) bond motifs is 3. The van der Waals surface area contributed by atoms with Gasteiger partial charge in [-0.05, 0) is 48.4 Å². The summed E-state index contributed by atoms with van der Waals surface area (Å²) >= 11 is 0. The van der Waals surface area contributed by atoms with Crippen LogP contribution in [-0.4, -0.2) is 54.5 Å². The molecule has 1 saturated heterocycles. The maximum atomic E-state index is 12.8. The minimum Gasteiger partial charge on any atom is -0.481 e. The van der Waals surface area contributed by atoms with E-state index in [1.54, 1.807) is 0 Å². The highest BCUT2D eigenvalue weighted by molar-refractivity contribution is 5.86. The second-order valence-corrected chi connectivity index (χ2v) is 8.87. The van der Waals surface area contributed by atoms with Crippen LogP contribution < -0.4 is 10.6 Å². The molecular weight excluding hydrogens is 436 g/mol. The number of rotatable bonds is 8. The van der Waals surface area contributed by atoms with Gasteiger partial charge in [-0.3, -0.25) is 9.59 Å². The molecule has 3 atom stereocenters. The monoisotopic (exact) mass is 466 g/mol. The van der Waals surface area contributed by atoms with Crippen molar-refractivity contribution in [1.82, 2.24) is 10.6 Å². The Balaban J connectivity index is 1.39. The second kappa shape index (κ2) is 10.7. The van der Waals surface area contributed by atoms with Gasteiger partial charge < -0.3 is 25.2 Å². The molecule has 1 fully saturated rings. The number of nitrogens with one attached hydrogen (secondary N) is 2. The third-order valence-corrected chi connectivity index (χ3v) is 6.43. The van der Waals surface area contributed by atoms with E-state index in [4.69, 9.17) is 14.6 Å². The fourth-order valence-electron chi connectivity index (χ4n) is 4.75. The van der Waals surface area contributed by atoms with Crippen LogP contribution in [0.15, 0.2) is 48.5 Å². The summed E-state index contributed by atoms with van der Waals surface area (Å²) in [5.74, 6) is -1.55. The summed E-state index contributed by atoms with van der Waals surface area (Å²) in [5.41, 5.74) is 4.42. The number of aliphatic carboxylic acids is 1. The van der Waals surface area contributed by atoms with Gasteiger partial charge in [-0.25, -0.2) is 4.79 Å². The summed E-state index contributed by atoms with van der Waals surface area (Å²) in [4.78, 5) is 36.6. The van der Waals surface area contributed by atoms with Gasteiger partial charge in [-0.15, -0.1) is 0 Å². The topological polar surface area (TPSA) is 114 Å². The summed E-state index contributed by atoms with van der Waals surface area (Å²) in [6, 6.07) is 15.0. The first-order valence-electron chi connectivity index (χ1n) is 11.7. The smallest absolute Gasteiger partial charge is 0.407 e. The fraction of sp³-hybridized carbons (Fsp3) is 0.423. The largest absolute Gasteiger partial charge is 0.481 e. The molecule has 4 rings (SSSR count). The van der Waals surface area contributed by atoms with Gasteiger partial charge in [0.05, 0.1) is 6.10 Å². The Bertz CT molecular complexity index is 1010. The maximum Gasteiger partial charge on any atom is 0.407 e. The Labute approximate surface area is 198 Å². The van der Waals surface area contributed by atoms with Gasteiger partial charge in [0.2, 0.25) is 5.91 Å². The molecule has 0 bridgehead atoms. The van der Waals surface area contributed by atoms with E-state index in [0.29, 0.717) is 19.4 Å². The highest BCUT2D eigenvalue weighted by atomic mass is 16.5. The molecule has 0 radical (unpaired) electrons. The number of alkyl carbamates (subject to hydrolysis) is 1. The molecule has 8 heteroatoms. The van der Waals surface area contributed by atoms with Crippen molar-refractivity contribution in [3.05, 3.63) is 59.7 Å². The lowest BCUT2D eigenvalue weighted by Gasteiger charge is -2.29. The van der Waals surface area contributed by atoms with Crippen LogP contribution in [0.3, 0.4) is 0 Å². The molecule has 0 spiro atoms. The number of carboxylic acid groups (broad SMARTS) is 1. The van der Waals surface area contributed by atoms with E-state index in [2.05, 4.69) is 22.8 Å². The molecule has 2 aliphatic rings. The number of carboxylic acids is 1. The Morgan fingerprint density at radius 2 is 1.74 bits per heavy atom. The molecule has 2 aromatic carbocycles. The van der Waals surface area contributed by atoms with Gasteiger partial charge in [0.25, 0.3) is 0 Å². The predicted molar refractivity (Wildman–Crippen MR) is 125 cm³/mol. The molecule has 0 saturated carbocycles. The molecule has 8 nitrogen and oxygen atoms in total.